The molecule has 1 aromatic heterocycles. The van der Waals surface area contributed by atoms with Gasteiger partial charge in [-0.15, -0.1) is 0 Å². The molecule has 10 nitrogen and oxygen atoms in total. The molecule has 1 fully saturated rings. The number of aromatic nitrogens is 2. The van der Waals surface area contributed by atoms with Crippen LogP contribution in [0.5, 0.6) is 11.5 Å². The number of carbonyl (C=O) groups excluding carboxylic acids is 1. The lowest BCUT2D eigenvalue weighted by molar-refractivity contribution is -0.141. The van der Waals surface area contributed by atoms with Crippen molar-refractivity contribution in [3.8, 4) is 11.5 Å². The lowest BCUT2D eigenvalue weighted by Crippen LogP contribution is -2.40. The third-order valence-electron chi connectivity index (χ3n) is 6.53. The van der Waals surface area contributed by atoms with E-state index in [1.807, 2.05) is 11.0 Å². The van der Waals surface area contributed by atoms with Gasteiger partial charge in [-0.05, 0) is 30.2 Å². The van der Waals surface area contributed by atoms with Crippen molar-refractivity contribution in [2.24, 2.45) is 0 Å². The van der Waals surface area contributed by atoms with E-state index in [4.69, 9.17) is 14.2 Å². The highest BCUT2D eigenvalue weighted by Gasteiger charge is 2.35. The molecule has 0 radical (unpaired) electrons. The summed E-state index contributed by atoms with van der Waals surface area (Å²) in [6, 6.07) is 6.13. The third kappa shape index (κ3) is 7.76. The summed E-state index contributed by atoms with van der Waals surface area (Å²) in [5.74, 6) is 0.297. The summed E-state index contributed by atoms with van der Waals surface area (Å²) in [5.41, 5.74) is -0.383. The zero-order valence-electron chi connectivity index (χ0n) is 22.7. The fourth-order valence-corrected chi connectivity index (χ4v) is 5.60. The summed E-state index contributed by atoms with van der Waals surface area (Å²) >= 11 is 0. The Kier molecular flexibility index (Phi) is 9.53. The molecule has 2 aliphatic heterocycles. The first-order valence-corrected chi connectivity index (χ1v) is 14.5. The first-order valence-electron chi connectivity index (χ1n) is 12.9. The van der Waals surface area contributed by atoms with Crippen LogP contribution in [-0.4, -0.2) is 86.9 Å². The van der Waals surface area contributed by atoms with Crippen LogP contribution in [0.4, 0.5) is 13.2 Å². The van der Waals surface area contributed by atoms with E-state index in [0.29, 0.717) is 56.5 Å². The summed E-state index contributed by atoms with van der Waals surface area (Å²) < 4.78 is 83.1. The minimum atomic E-state index is -4.90. The van der Waals surface area contributed by atoms with Gasteiger partial charge in [0.25, 0.3) is 0 Å². The number of methoxy groups -OCH3 is 2. The van der Waals surface area contributed by atoms with Gasteiger partial charge >= 0.3 is 6.18 Å². The Morgan fingerprint density at radius 3 is 2.49 bits per heavy atom. The smallest absolute Gasteiger partial charge is 0.433 e. The monoisotopic (exact) mass is 596 g/mol. The number of benzene rings is 1. The predicted molar refractivity (Wildman–Crippen MR) is 143 cm³/mol. The average Bonchev–Trinajstić information content (AvgIpc) is 2.97. The largest absolute Gasteiger partial charge is 0.493 e. The fraction of sp³-hybridized carbons (Fsp3) is 0.444. The topological polar surface area (TPSA) is 111 Å². The summed E-state index contributed by atoms with van der Waals surface area (Å²) in [4.78, 5) is 23.2. The molecule has 0 spiro atoms. The summed E-state index contributed by atoms with van der Waals surface area (Å²) in [6.07, 6.45) is -0.0792. The molecular formula is C27H31F3N4O6S. The maximum Gasteiger partial charge on any atom is 0.433 e. The van der Waals surface area contributed by atoms with Crippen LogP contribution in [0.3, 0.4) is 0 Å². The maximum absolute atomic E-state index is 13.7. The molecule has 1 saturated heterocycles. The minimum Gasteiger partial charge on any atom is -0.493 e. The standard InChI is InChI=1S/C27H31F3N4O6S/c1-38-22-8-7-19(15-23(22)39-2)17-33-9-3-5-20(18-33)21-16-24(27(28,29)30)32-26(31-21)41(36,37)14-4-6-25(35)34-10-12-40-13-11-34/h3,5,7-8,15-16,18H,4,6,9-14,17H2,1-2H3. The average molecular weight is 597 g/mol. The first-order chi connectivity index (χ1) is 19.5. The van der Waals surface area contributed by atoms with Crippen LogP contribution < -0.4 is 9.47 Å². The SMILES string of the molecule is COc1ccc(CN2C=C(c3cc(C(F)(F)F)nc(S(=O)(=O)CCCC(=O)N4CCOCC4)n3)C=CC2)cc1OC. The highest BCUT2D eigenvalue weighted by atomic mass is 32.2. The van der Waals surface area contributed by atoms with Crippen molar-refractivity contribution in [1.29, 1.82) is 0 Å². The molecule has 0 atom stereocenters. The highest BCUT2D eigenvalue weighted by Crippen LogP contribution is 2.32. The van der Waals surface area contributed by atoms with Crippen molar-refractivity contribution in [2.45, 2.75) is 30.7 Å². The van der Waals surface area contributed by atoms with Crippen LogP contribution in [0.25, 0.3) is 5.57 Å². The van der Waals surface area contributed by atoms with Crippen LogP contribution >= 0.6 is 0 Å². The normalized spacial score (nSPS) is 16.0. The number of allylic oxidation sites excluding steroid dienone is 2. The number of nitrogens with zero attached hydrogens (tertiary/aromatic N) is 4. The summed E-state index contributed by atoms with van der Waals surface area (Å²) in [6.45, 7) is 2.50. The maximum atomic E-state index is 13.7. The van der Waals surface area contributed by atoms with Gasteiger partial charge in [0.15, 0.2) is 11.5 Å². The molecule has 0 aliphatic carbocycles. The Bertz CT molecular complexity index is 1420. The van der Waals surface area contributed by atoms with Gasteiger partial charge in [0, 0.05) is 44.4 Å². The Balaban J connectivity index is 1.55. The molecule has 0 unspecified atom stereocenters. The Hall–Kier alpha value is -3.65. The van der Waals surface area contributed by atoms with Crippen molar-refractivity contribution in [3.63, 3.8) is 0 Å². The zero-order chi connectivity index (χ0) is 29.6. The number of sulfone groups is 1. The molecule has 2 aliphatic rings. The van der Waals surface area contributed by atoms with Crippen molar-refractivity contribution in [3.05, 3.63) is 59.6 Å². The second-order valence-corrected chi connectivity index (χ2v) is 11.4. The van der Waals surface area contributed by atoms with Crippen LogP contribution in [-0.2, 0) is 32.1 Å². The first kappa shape index (κ1) is 30.3. The number of rotatable bonds is 10. The number of hydrogen-bond acceptors (Lipinski definition) is 9. The second kappa shape index (κ2) is 12.9. The molecular weight excluding hydrogens is 565 g/mol. The van der Waals surface area contributed by atoms with Crippen molar-refractivity contribution in [1.82, 2.24) is 19.8 Å². The van der Waals surface area contributed by atoms with Gasteiger partial charge in [-0.1, -0.05) is 18.2 Å². The van der Waals surface area contributed by atoms with E-state index in [-0.39, 0.29) is 24.4 Å². The van der Waals surface area contributed by atoms with Gasteiger partial charge in [0.2, 0.25) is 20.9 Å². The Labute approximate surface area is 236 Å². The van der Waals surface area contributed by atoms with E-state index in [9.17, 15) is 26.4 Å². The molecule has 1 aromatic carbocycles. The zero-order valence-corrected chi connectivity index (χ0v) is 23.5. The minimum absolute atomic E-state index is 0.0654. The quantitative estimate of drug-likeness (QED) is 0.382. The number of hydrogen-bond donors (Lipinski definition) is 0. The van der Waals surface area contributed by atoms with Crippen molar-refractivity contribution in [2.75, 3.05) is 52.8 Å². The van der Waals surface area contributed by atoms with Crippen LogP contribution in [0.2, 0.25) is 0 Å². The number of carbonyl (C=O) groups is 1. The molecule has 222 valence electrons. The van der Waals surface area contributed by atoms with E-state index < -0.39 is 32.6 Å². The van der Waals surface area contributed by atoms with E-state index >= 15 is 0 Å². The highest BCUT2D eigenvalue weighted by molar-refractivity contribution is 7.91. The van der Waals surface area contributed by atoms with E-state index in [2.05, 4.69) is 9.97 Å². The number of amides is 1. The molecule has 0 N–H and O–H groups in total. The van der Waals surface area contributed by atoms with E-state index in [1.54, 1.807) is 35.4 Å². The molecule has 4 rings (SSSR count). The van der Waals surface area contributed by atoms with Crippen LogP contribution in [0, 0.1) is 0 Å². The molecule has 14 heteroatoms. The number of halogens is 3. The molecule has 0 bridgehead atoms. The number of ether oxygens (including phenoxy) is 3. The van der Waals surface area contributed by atoms with Gasteiger partial charge in [-0.2, -0.15) is 13.2 Å². The number of alkyl halides is 3. The fourth-order valence-electron chi connectivity index (χ4n) is 4.42. The van der Waals surface area contributed by atoms with Gasteiger partial charge in [-0.3, -0.25) is 4.79 Å². The third-order valence-corrected chi connectivity index (χ3v) is 8.10. The van der Waals surface area contributed by atoms with Crippen LogP contribution in [0.15, 0.2) is 47.8 Å². The summed E-state index contributed by atoms with van der Waals surface area (Å²) in [5, 5.41) is -0.924. The molecule has 41 heavy (non-hydrogen) atoms. The molecule has 1 amide bonds. The molecule has 3 heterocycles. The second-order valence-electron chi connectivity index (χ2n) is 9.44. The lowest BCUT2D eigenvalue weighted by Gasteiger charge is -2.26. The number of morpholine rings is 1. The Morgan fingerprint density at radius 1 is 1.07 bits per heavy atom. The van der Waals surface area contributed by atoms with Crippen molar-refractivity contribution < 1.29 is 40.6 Å². The molecule has 2 aromatic rings. The Morgan fingerprint density at radius 2 is 1.80 bits per heavy atom. The van der Waals surface area contributed by atoms with Crippen LogP contribution in [0.1, 0.15) is 29.8 Å². The van der Waals surface area contributed by atoms with Gasteiger partial charge in [0.1, 0.15) is 5.69 Å². The van der Waals surface area contributed by atoms with Gasteiger partial charge < -0.3 is 24.0 Å². The van der Waals surface area contributed by atoms with E-state index in [0.717, 1.165) is 11.6 Å². The predicted octanol–water partition coefficient (Wildman–Crippen LogP) is 3.34. The van der Waals surface area contributed by atoms with Crippen molar-refractivity contribution >= 4 is 21.3 Å². The molecule has 0 saturated carbocycles. The summed E-state index contributed by atoms with van der Waals surface area (Å²) in [7, 11) is -1.27. The van der Waals surface area contributed by atoms with Gasteiger partial charge in [-0.25, -0.2) is 18.4 Å². The lowest BCUT2D eigenvalue weighted by atomic mass is 10.1. The van der Waals surface area contributed by atoms with E-state index in [1.165, 1.54) is 14.2 Å². The van der Waals surface area contributed by atoms with Gasteiger partial charge in [0.05, 0.1) is 38.9 Å².